The van der Waals surface area contributed by atoms with E-state index in [0.717, 1.165) is 58.5 Å². The molecule has 1 amide bonds. The van der Waals surface area contributed by atoms with Gasteiger partial charge in [0.15, 0.2) is 0 Å². The summed E-state index contributed by atoms with van der Waals surface area (Å²) >= 11 is 0. The molecule has 1 N–H and O–H groups in total. The quantitative estimate of drug-likeness (QED) is 0.802. The first-order valence-corrected chi connectivity index (χ1v) is 9.30. The van der Waals surface area contributed by atoms with E-state index in [1.807, 2.05) is 0 Å². The molecular weight excluding hydrogens is 312 g/mol. The Balaban J connectivity index is 0.00000264. The lowest BCUT2D eigenvalue weighted by atomic mass is 9.85. The van der Waals surface area contributed by atoms with Crippen molar-refractivity contribution in [3.8, 4) is 0 Å². The average molecular weight is 347 g/mol. The number of nitrogens with zero attached hydrogens (tertiary/aromatic N) is 1. The Kier molecular flexibility index (Phi) is 10.2. The van der Waals surface area contributed by atoms with Crippen molar-refractivity contribution in [3.05, 3.63) is 0 Å². The van der Waals surface area contributed by atoms with Crippen LogP contribution in [-0.4, -0.2) is 49.7 Å². The van der Waals surface area contributed by atoms with E-state index in [2.05, 4.69) is 24.1 Å². The van der Waals surface area contributed by atoms with E-state index >= 15 is 0 Å². The maximum Gasteiger partial charge on any atom is 0.222 e. The number of rotatable bonds is 6. The summed E-state index contributed by atoms with van der Waals surface area (Å²) in [7, 11) is 0. The summed E-state index contributed by atoms with van der Waals surface area (Å²) in [5.74, 6) is 1.52. The van der Waals surface area contributed by atoms with Crippen LogP contribution in [0.5, 0.6) is 0 Å². The predicted molar refractivity (Wildman–Crippen MR) is 97.1 cm³/mol. The van der Waals surface area contributed by atoms with Crippen molar-refractivity contribution in [1.82, 2.24) is 10.2 Å². The topological polar surface area (TPSA) is 41.6 Å². The molecule has 0 aromatic heterocycles. The van der Waals surface area contributed by atoms with Gasteiger partial charge in [-0.3, -0.25) is 4.79 Å². The molecule has 2 rings (SSSR count). The number of carbonyl (C=O) groups is 1. The first-order chi connectivity index (χ1) is 10.7. The molecule has 2 fully saturated rings. The highest BCUT2D eigenvalue weighted by molar-refractivity contribution is 5.85. The Morgan fingerprint density at radius 3 is 2.78 bits per heavy atom. The summed E-state index contributed by atoms with van der Waals surface area (Å²) in [6.45, 7) is 9.27. The zero-order valence-corrected chi connectivity index (χ0v) is 15.7. The van der Waals surface area contributed by atoms with Gasteiger partial charge in [-0.05, 0) is 63.5 Å². The molecule has 3 atom stereocenters. The van der Waals surface area contributed by atoms with E-state index < -0.39 is 0 Å². The molecule has 3 unspecified atom stereocenters. The van der Waals surface area contributed by atoms with Gasteiger partial charge in [-0.2, -0.15) is 0 Å². The largest absolute Gasteiger partial charge is 0.378 e. The number of ether oxygens (including phenoxy) is 1. The second kappa shape index (κ2) is 11.3. The van der Waals surface area contributed by atoms with Gasteiger partial charge in [0.2, 0.25) is 5.91 Å². The second-order valence-electron chi connectivity index (χ2n) is 7.09. The first-order valence-electron chi connectivity index (χ1n) is 9.30. The Hall–Kier alpha value is -0.320. The third-order valence-electron chi connectivity index (χ3n) is 5.22. The van der Waals surface area contributed by atoms with Gasteiger partial charge in [0.1, 0.15) is 0 Å². The third kappa shape index (κ3) is 6.98. The van der Waals surface area contributed by atoms with Crippen molar-refractivity contribution in [2.45, 2.75) is 64.9 Å². The van der Waals surface area contributed by atoms with E-state index in [1.54, 1.807) is 0 Å². The minimum Gasteiger partial charge on any atom is -0.378 e. The van der Waals surface area contributed by atoms with Crippen LogP contribution in [0.1, 0.15) is 58.8 Å². The van der Waals surface area contributed by atoms with Gasteiger partial charge in [-0.1, -0.05) is 13.8 Å². The van der Waals surface area contributed by atoms with Gasteiger partial charge >= 0.3 is 0 Å². The highest BCUT2D eigenvalue weighted by Gasteiger charge is 2.26. The van der Waals surface area contributed by atoms with Crippen molar-refractivity contribution in [3.63, 3.8) is 0 Å². The Labute approximate surface area is 148 Å². The molecule has 0 aromatic rings. The molecule has 0 bridgehead atoms. The molecule has 23 heavy (non-hydrogen) atoms. The molecule has 0 aromatic carbocycles. The van der Waals surface area contributed by atoms with Crippen LogP contribution in [-0.2, 0) is 9.53 Å². The van der Waals surface area contributed by atoms with E-state index in [-0.39, 0.29) is 12.4 Å². The number of piperidine rings is 1. The molecule has 0 saturated carbocycles. The van der Waals surface area contributed by atoms with Crippen molar-refractivity contribution in [2.75, 3.05) is 32.8 Å². The van der Waals surface area contributed by atoms with Gasteiger partial charge in [-0.15, -0.1) is 12.4 Å². The minimum atomic E-state index is 0. The molecule has 2 heterocycles. The lowest BCUT2D eigenvalue weighted by Gasteiger charge is -2.30. The van der Waals surface area contributed by atoms with Crippen LogP contribution in [0.3, 0.4) is 0 Å². The van der Waals surface area contributed by atoms with Gasteiger partial charge in [0, 0.05) is 26.1 Å². The second-order valence-corrected chi connectivity index (χ2v) is 7.09. The van der Waals surface area contributed by atoms with Crippen LogP contribution in [0.25, 0.3) is 0 Å². The minimum absolute atomic E-state index is 0. The monoisotopic (exact) mass is 346 g/mol. The van der Waals surface area contributed by atoms with Crippen molar-refractivity contribution in [2.24, 2.45) is 11.8 Å². The highest BCUT2D eigenvalue weighted by atomic mass is 35.5. The number of halogens is 1. The normalized spacial score (nSPS) is 27.0. The fourth-order valence-electron chi connectivity index (χ4n) is 3.70. The number of hydrogen-bond donors (Lipinski definition) is 1. The third-order valence-corrected chi connectivity index (χ3v) is 5.22. The summed E-state index contributed by atoms with van der Waals surface area (Å²) in [4.78, 5) is 14.7. The average Bonchev–Trinajstić information content (AvgIpc) is 2.79. The number of hydrogen-bond acceptors (Lipinski definition) is 3. The van der Waals surface area contributed by atoms with E-state index in [9.17, 15) is 4.79 Å². The molecule has 0 radical (unpaired) electrons. The SMILES string of the molecule is CCCOC1CCCN(C(=O)CC(C)C2CCCNC2)CC1.Cl. The molecular formula is C18H35ClN2O2. The van der Waals surface area contributed by atoms with Crippen LogP contribution in [0.15, 0.2) is 0 Å². The molecule has 5 heteroatoms. The van der Waals surface area contributed by atoms with Crippen LogP contribution >= 0.6 is 12.4 Å². The van der Waals surface area contributed by atoms with Gasteiger partial charge < -0.3 is 15.0 Å². The number of nitrogens with one attached hydrogen (secondary N) is 1. The van der Waals surface area contributed by atoms with Crippen molar-refractivity contribution in [1.29, 1.82) is 0 Å². The number of likely N-dealkylation sites (tertiary alicyclic amines) is 1. The van der Waals surface area contributed by atoms with Gasteiger partial charge in [-0.25, -0.2) is 0 Å². The van der Waals surface area contributed by atoms with E-state index in [4.69, 9.17) is 4.74 Å². The standard InChI is InChI=1S/C18H34N2O2.ClH/c1-3-12-22-17-7-5-10-20(11-8-17)18(21)13-15(2)16-6-4-9-19-14-16;/h15-17,19H,3-14H2,1-2H3;1H. The summed E-state index contributed by atoms with van der Waals surface area (Å²) in [6, 6.07) is 0. The summed E-state index contributed by atoms with van der Waals surface area (Å²) in [5, 5.41) is 3.46. The first kappa shape index (κ1) is 20.7. The lowest BCUT2D eigenvalue weighted by molar-refractivity contribution is -0.132. The van der Waals surface area contributed by atoms with Crippen LogP contribution < -0.4 is 5.32 Å². The van der Waals surface area contributed by atoms with E-state index in [0.29, 0.717) is 30.3 Å². The molecule has 4 nitrogen and oxygen atoms in total. The molecule has 0 spiro atoms. The molecule has 136 valence electrons. The lowest BCUT2D eigenvalue weighted by Crippen LogP contribution is -2.37. The van der Waals surface area contributed by atoms with Crippen LogP contribution in [0.2, 0.25) is 0 Å². The highest BCUT2D eigenvalue weighted by Crippen LogP contribution is 2.24. The zero-order chi connectivity index (χ0) is 15.8. The van der Waals surface area contributed by atoms with Crippen molar-refractivity contribution < 1.29 is 9.53 Å². The summed E-state index contributed by atoms with van der Waals surface area (Å²) in [6.07, 6.45) is 7.87. The van der Waals surface area contributed by atoms with Crippen LogP contribution in [0.4, 0.5) is 0 Å². The Bertz CT molecular complexity index is 335. The molecule has 0 aliphatic carbocycles. The van der Waals surface area contributed by atoms with E-state index in [1.165, 1.54) is 12.8 Å². The van der Waals surface area contributed by atoms with Gasteiger partial charge in [0.05, 0.1) is 6.10 Å². The number of carbonyl (C=O) groups excluding carboxylic acids is 1. The maximum absolute atomic E-state index is 12.6. The van der Waals surface area contributed by atoms with Crippen molar-refractivity contribution >= 4 is 18.3 Å². The zero-order valence-electron chi connectivity index (χ0n) is 14.9. The molecule has 2 aliphatic rings. The molecule has 2 saturated heterocycles. The van der Waals surface area contributed by atoms with Gasteiger partial charge in [0.25, 0.3) is 0 Å². The fraction of sp³-hybridized carbons (Fsp3) is 0.944. The molecule has 2 aliphatic heterocycles. The fourth-order valence-corrected chi connectivity index (χ4v) is 3.70. The van der Waals surface area contributed by atoms with Crippen LogP contribution in [0, 0.1) is 11.8 Å². The Morgan fingerprint density at radius 1 is 1.26 bits per heavy atom. The Morgan fingerprint density at radius 2 is 2.09 bits per heavy atom. The summed E-state index contributed by atoms with van der Waals surface area (Å²) in [5.41, 5.74) is 0. The smallest absolute Gasteiger partial charge is 0.222 e. The number of amides is 1. The maximum atomic E-state index is 12.6. The summed E-state index contributed by atoms with van der Waals surface area (Å²) < 4.78 is 5.87. The predicted octanol–water partition coefficient (Wildman–Crippen LogP) is 3.24.